The Hall–Kier alpha value is -2.34. The molecule has 5 nitrogen and oxygen atoms in total. The van der Waals surface area contributed by atoms with Crippen LogP contribution >= 0.6 is 0 Å². The molecule has 0 aliphatic rings. The van der Waals surface area contributed by atoms with Crippen molar-refractivity contribution in [2.24, 2.45) is 0 Å². The van der Waals surface area contributed by atoms with Crippen LogP contribution in [0.2, 0.25) is 0 Å². The lowest BCUT2D eigenvalue weighted by Crippen LogP contribution is -2.32. The lowest BCUT2D eigenvalue weighted by molar-refractivity contribution is -0.121. The van der Waals surface area contributed by atoms with E-state index in [1.165, 1.54) is 16.1 Å². The maximum absolute atomic E-state index is 12.1. The second kappa shape index (κ2) is 9.55. The van der Waals surface area contributed by atoms with Crippen molar-refractivity contribution >= 4 is 21.6 Å². The second-order valence-electron chi connectivity index (χ2n) is 6.89. The SMILES string of the molecule is Cc1cccc(N(CCCC(=O)NCC(C)c2ccccc2)S(C)(=O)=O)c1. The fraction of sp³-hybridized carbons (Fsp3) is 0.381. The molecule has 0 spiro atoms. The molecule has 0 radical (unpaired) electrons. The number of benzene rings is 2. The minimum absolute atomic E-state index is 0.0597. The summed E-state index contributed by atoms with van der Waals surface area (Å²) in [5, 5.41) is 2.94. The number of anilines is 1. The molecule has 2 rings (SSSR count). The summed E-state index contributed by atoms with van der Waals surface area (Å²) in [6.07, 6.45) is 1.95. The molecule has 1 unspecified atom stereocenters. The van der Waals surface area contributed by atoms with Crippen LogP contribution in [0.3, 0.4) is 0 Å². The standard InChI is InChI=1S/C21H28N2O3S/c1-17-9-7-12-20(15-17)23(27(3,25)26)14-8-13-21(24)22-16-18(2)19-10-5-4-6-11-19/h4-7,9-12,15,18H,8,13-14,16H2,1-3H3,(H,22,24). The Morgan fingerprint density at radius 1 is 1.11 bits per heavy atom. The number of nitrogens with zero attached hydrogens (tertiary/aromatic N) is 1. The van der Waals surface area contributed by atoms with Crippen LogP contribution < -0.4 is 9.62 Å². The first-order chi connectivity index (χ1) is 12.8. The molecule has 2 aromatic carbocycles. The van der Waals surface area contributed by atoms with Gasteiger partial charge in [0.05, 0.1) is 11.9 Å². The maximum atomic E-state index is 12.1. The molecule has 1 atom stereocenters. The van der Waals surface area contributed by atoms with Crippen LogP contribution in [0.15, 0.2) is 54.6 Å². The second-order valence-corrected chi connectivity index (χ2v) is 8.80. The molecule has 1 N–H and O–H groups in total. The molecule has 0 saturated carbocycles. The van der Waals surface area contributed by atoms with Crippen LogP contribution in [0.25, 0.3) is 0 Å². The molecule has 0 aromatic heterocycles. The largest absolute Gasteiger partial charge is 0.356 e. The number of carbonyl (C=O) groups excluding carboxylic acids is 1. The van der Waals surface area contributed by atoms with E-state index in [1.807, 2.05) is 55.5 Å². The molecule has 0 aliphatic heterocycles. The van der Waals surface area contributed by atoms with E-state index in [4.69, 9.17) is 0 Å². The maximum Gasteiger partial charge on any atom is 0.232 e. The van der Waals surface area contributed by atoms with Crippen molar-refractivity contribution in [3.8, 4) is 0 Å². The number of rotatable bonds is 9. The van der Waals surface area contributed by atoms with E-state index in [9.17, 15) is 13.2 Å². The number of nitrogens with one attached hydrogen (secondary N) is 1. The summed E-state index contributed by atoms with van der Waals surface area (Å²) in [6, 6.07) is 17.4. The van der Waals surface area contributed by atoms with Crippen molar-refractivity contribution < 1.29 is 13.2 Å². The molecule has 6 heteroatoms. The van der Waals surface area contributed by atoms with E-state index >= 15 is 0 Å². The molecule has 2 aromatic rings. The Balaban J connectivity index is 1.85. The zero-order chi connectivity index (χ0) is 19.9. The number of sulfonamides is 1. The smallest absolute Gasteiger partial charge is 0.232 e. The Bertz CT molecular complexity index is 851. The minimum atomic E-state index is -3.39. The summed E-state index contributed by atoms with van der Waals surface area (Å²) < 4.78 is 25.6. The van der Waals surface area contributed by atoms with Gasteiger partial charge in [0.15, 0.2) is 0 Å². The summed E-state index contributed by atoms with van der Waals surface area (Å²) in [5.41, 5.74) is 2.81. The summed E-state index contributed by atoms with van der Waals surface area (Å²) in [5.74, 6) is 0.172. The first kappa shape index (κ1) is 21.0. The van der Waals surface area contributed by atoms with Crippen LogP contribution in [0.5, 0.6) is 0 Å². The van der Waals surface area contributed by atoms with Gasteiger partial charge in [-0.25, -0.2) is 8.42 Å². The van der Waals surface area contributed by atoms with E-state index in [0.717, 1.165) is 5.56 Å². The van der Waals surface area contributed by atoms with Crippen LogP contribution in [-0.4, -0.2) is 33.7 Å². The third-order valence-electron chi connectivity index (χ3n) is 4.43. The van der Waals surface area contributed by atoms with Gasteiger partial charge in [-0.15, -0.1) is 0 Å². The van der Waals surface area contributed by atoms with Gasteiger partial charge >= 0.3 is 0 Å². The Morgan fingerprint density at radius 3 is 2.44 bits per heavy atom. The number of hydrogen-bond acceptors (Lipinski definition) is 3. The number of amides is 1. The van der Waals surface area contributed by atoms with Gasteiger partial charge in [0, 0.05) is 19.5 Å². The lowest BCUT2D eigenvalue weighted by atomic mass is 10.0. The van der Waals surface area contributed by atoms with E-state index < -0.39 is 10.0 Å². The Labute approximate surface area is 162 Å². The van der Waals surface area contributed by atoms with Crippen molar-refractivity contribution in [1.82, 2.24) is 5.32 Å². The number of hydrogen-bond donors (Lipinski definition) is 1. The molecule has 0 bridgehead atoms. The van der Waals surface area contributed by atoms with Gasteiger partial charge in [0.2, 0.25) is 15.9 Å². The predicted octanol–water partition coefficient (Wildman–Crippen LogP) is 3.46. The molecular weight excluding hydrogens is 360 g/mol. The molecule has 0 aliphatic carbocycles. The van der Waals surface area contributed by atoms with Gasteiger partial charge < -0.3 is 5.32 Å². The number of aryl methyl sites for hydroxylation is 1. The minimum Gasteiger partial charge on any atom is -0.356 e. The van der Waals surface area contributed by atoms with Crippen molar-refractivity contribution in [2.75, 3.05) is 23.7 Å². The normalized spacial score (nSPS) is 12.4. The molecule has 146 valence electrons. The molecular formula is C21H28N2O3S. The van der Waals surface area contributed by atoms with Gasteiger partial charge in [0.1, 0.15) is 0 Å². The monoisotopic (exact) mass is 388 g/mol. The van der Waals surface area contributed by atoms with Crippen molar-refractivity contribution in [3.05, 3.63) is 65.7 Å². The quantitative estimate of drug-likeness (QED) is 0.715. The van der Waals surface area contributed by atoms with Crippen molar-refractivity contribution in [3.63, 3.8) is 0 Å². The zero-order valence-electron chi connectivity index (χ0n) is 16.2. The van der Waals surface area contributed by atoms with Crippen LogP contribution in [0.1, 0.15) is 36.8 Å². The van der Waals surface area contributed by atoms with Gasteiger partial charge in [-0.05, 0) is 42.5 Å². The van der Waals surface area contributed by atoms with E-state index in [2.05, 4.69) is 12.2 Å². The average Bonchev–Trinajstić information content (AvgIpc) is 2.63. The molecule has 0 fully saturated rings. The predicted molar refractivity (Wildman–Crippen MR) is 110 cm³/mol. The van der Waals surface area contributed by atoms with Crippen LogP contribution in [0.4, 0.5) is 5.69 Å². The van der Waals surface area contributed by atoms with Crippen molar-refractivity contribution in [1.29, 1.82) is 0 Å². The Morgan fingerprint density at radius 2 is 1.81 bits per heavy atom. The van der Waals surface area contributed by atoms with Gasteiger partial charge in [-0.3, -0.25) is 9.10 Å². The summed E-state index contributed by atoms with van der Waals surface area (Å²) >= 11 is 0. The third kappa shape index (κ3) is 6.71. The summed E-state index contributed by atoms with van der Waals surface area (Å²) in [7, 11) is -3.39. The fourth-order valence-corrected chi connectivity index (χ4v) is 3.86. The Kier molecular flexibility index (Phi) is 7.42. The fourth-order valence-electron chi connectivity index (χ4n) is 2.91. The number of carbonyl (C=O) groups is 1. The van der Waals surface area contributed by atoms with Gasteiger partial charge in [-0.2, -0.15) is 0 Å². The van der Waals surface area contributed by atoms with E-state index in [0.29, 0.717) is 25.1 Å². The highest BCUT2D eigenvalue weighted by molar-refractivity contribution is 7.92. The highest BCUT2D eigenvalue weighted by atomic mass is 32.2. The lowest BCUT2D eigenvalue weighted by Gasteiger charge is -2.22. The first-order valence-corrected chi connectivity index (χ1v) is 11.0. The van der Waals surface area contributed by atoms with E-state index in [-0.39, 0.29) is 18.4 Å². The topological polar surface area (TPSA) is 66.5 Å². The third-order valence-corrected chi connectivity index (χ3v) is 5.62. The van der Waals surface area contributed by atoms with Crippen molar-refractivity contribution in [2.45, 2.75) is 32.6 Å². The molecule has 1 amide bonds. The first-order valence-electron chi connectivity index (χ1n) is 9.13. The summed E-state index contributed by atoms with van der Waals surface area (Å²) in [6.45, 7) is 4.84. The molecule has 0 saturated heterocycles. The van der Waals surface area contributed by atoms with Gasteiger partial charge in [-0.1, -0.05) is 49.4 Å². The van der Waals surface area contributed by atoms with Crippen LogP contribution in [-0.2, 0) is 14.8 Å². The molecule has 27 heavy (non-hydrogen) atoms. The highest BCUT2D eigenvalue weighted by Crippen LogP contribution is 2.19. The highest BCUT2D eigenvalue weighted by Gasteiger charge is 2.17. The van der Waals surface area contributed by atoms with Gasteiger partial charge in [0.25, 0.3) is 0 Å². The zero-order valence-corrected chi connectivity index (χ0v) is 17.0. The van der Waals surface area contributed by atoms with E-state index in [1.54, 1.807) is 6.07 Å². The van der Waals surface area contributed by atoms with Crippen LogP contribution in [0, 0.1) is 6.92 Å². The molecule has 0 heterocycles. The summed E-state index contributed by atoms with van der Waals surface area (Å²) in [4.78, 5) is 12.1. The average molecular weight is 389 g/mol.